The molecule has 5 heterocycles. The van der Waals surface area contributed by atoms with Gasteiger partial charge in [0.2, 0.25) is 5.88 Å². The monoisotopic (exact) mass is 621 g/mol. The number of nitrogens with zero attached hydrogens (tertiary/aromatic N) is 5. The largest absolute Gasteiger partial charge is 0.507 e. The van der Waals surface area contributed by atoms with Crippen LogP contribution in [-0.4, -0.2) is 77.6 Å². The first-order chi connectivity index (χ1) is 20.9. The van der Waals surface area contributed by atoms with Crippen LogP contribution >= 0.6 is 11.6 Å². The molecule has 0 saturated carbocycles. The van der Waals surface area contributed by atoms with E-state index in [-0.39, 0.29) is 57.2 Å². The Kier molecular flexibility index (Phi) is 6.70. The van der Waals surface area contributed by atoms with Crippen LogP contribution in [0.25, 0.3) is 22.0 Å². The van der Waals surface area contributed by atoms with E-state index < -0.39 is 23.4 Å². The van der Waals surface area contributed by atoms with Gasteiger partial charge < -0.3 is 19.6 Å². The van der Waals surface area contributed by atoms with Crippen molar-refractivity contribution >= 4 is 46.0 Å². The molecule has 230 valence electrons. The Labute approximate surface area is 259 Å². The zero-order chi connectivity index (χ0) is 31.2. The van der Waals surface area contributed by atoms with Gasteiger partial charge in [-0.15, -0.1) is 0 Å². The van der Waals surface area contributed by atoms with E-state index >= 15 is 8.78 Å². The highest BCUT2D eigenvalue weighted by molar-refractivity contribution is 6.34. The molecule has 11 heteroatoms. The van der Waals surface area contributed by atoms with Crippen molar-refractivity contribution < 1.29 is 23.4 Å². The minimum absolute atomic E-state index is 0.0679. The van der Waals surface area contributed by atoms with Crippen LogP contribution in [0.1, 0.15) is 40.5 Å². The van der Waals surface area contributed by atoms with Gasteiger partial charge in [0.05, 0.1) is 34.9 Å². The zero-order valence-electron chi connectivity index (χ0n) is 25.2. The van der Waals surface area contributed by atoms with Crippen LogP contribution in [0.3, 0.4) is 0 Å². The number of likely N-dealkylation sites (tertiary alicyclic amines) is 1. The predicted octanol–water partition coefficient (Wildman–Crippen LogP) is 5.99. The van der Waals surface area contributed by atoms with Crippen molar-refractivity contribution in [3.8, 4) is 22.8 Å². The minimum atomic E-state index is -0.874. The van der Waals surface area contributed by atoms with E-state index in [4.69, 9.17) is 26.3 Å². The van der Waals surface area contributed by atoms with Gasteiger partial charge >= 0.3 is 0 Å². The standard InChI is InChI=1S/C33H34ClF2N5O3/c1-16-31(33(2,3)4)41-21(13-37-16)22(15-42)40-14-24(20-9-7-11-39(20)5)44-32-30(40)29(41)17-12-18(34)25(27(36)28(17)38-32)26-19(35)8-6-10-23(26)43/h6,8,10,12-13,16,20-21,24,31,43H,7,9,11,14H2,1-5H3/t16-,20+,21+,24+,31?/m1/s1. The van der Waals surface area contributed by atoms with Crippen LogP contribution < -0.4 is 14.5 Å². The molecule has 2 aromatic carbocycles. The third-order valence-electron chi connectivity index (χ3n) is 9.57. The van der Waals surface area contributed by atoms with E-state index in [1.165, 1.54) is 12.1 Å². The fourth-order valence-electron chi connectivity index (χ4n) is 7.81. The molecule has 1 fully saturated rings. The number of fused-ring (bicyclic) bond motifs is 4. The van der Waals surface area contributed by atoms with E-state index in [1.54, 1.807) is 12.3 Å². The van der Waals surface area contributed by atoms with Crippen molar-refractivity contribution in [1.82, 2.24) is 9.88 Å². The number of carbonyl (C=O) groups excluding carboxylic acids is 1. The van der Waals surface area contributed by atoms with Crippen LogP contribution in [0.15, 0.2) is 35.0 Å². The lowest BCUT2D eigenvalue weighted by Gasteiger charge is -2.55. The van der Waals surface area contributed by atoms with Crippen LogP contribution in [0.4, 0.5) is 20.2 Å². The number of anilines is 2. The molecule has 1 N–H and O–H groups in total. The van der Waals surface area contributed by atoms with Crippen molar-refractivity contribution in [1.29, 1.82) is 0 Å². The number of hydrogen-bond donors (Lipinski definition) is 1. The third kappa shape index (κ3) is 4.15. The molecule has 0 amide bonds. The topological polar surface area (TPSA) is 81.5 Å². The lowest BCUT2D eigenvalue weighted by atomic mass is 9.78. The fraction of sp³-hybridized carbons (Fsp3) is 0.455. The third-order valence-corrected chi connectivity index (χ3v) is 9.87. The molecular weight excluding hydrogens is 588 g/mol. The Morgan fingerprint density at radius 2 is 1.95 bits per heavy atom. The average molecular weight is 622 g/mol. The molecule has 5 atom stereocenters. The van der Waals surface area contributed by atoms with Gasteiger partial charge in [-0.2, -0.15) is 0 Å². The number of hydrogen-bond acceptors (Lipinski definition) is 8. The molecule has 44 heavy (non-hydrogen) atoms. The summed E-state index contributed by atoms with van der Waals surface area (Å²) >= 11 is 6.76. The van der Waals surface area contributed by atoms with Crippen LogP contribution in [-0.2, 0) is 4.79 Å². The van der Waals surface area contributed by atoms with Crippen molar-refractivity contribution in [2.75, 3.05) is 29.9 Å². The molecule has 0 aliphatic carbocycles. The van der Waals surface area contributed by atoms with Gasteiger partial charge in [0, 0.05) is 23.2 Å². The molecule has 0 spiro atoms. The second-order valence-electron chi connectivity index (χ2n) is 13.3. The maximum atomic E-state index is 16.8. The number of pyridine rings is 1. The average Bonchev–Trinajstić information content (AvgIpc) is 3.39. The molecule has 1 aromatic heterocycles. The molecule has 3 aromatic rings. The summed E-state index contributed by atoms with van der Waals surface area (Å²) in [5.41, 5.74) is 0.566. The van der Waals surface area contributed by atoms with Gasteiger partial charge in [-0.3, -0.25) is 9.89 Å². The summed E-state index contributed by atoms with van der Waals surface area (Å²) in [4.78, 5) is 28.6. The van der Waals surface area contributed by atoms with Gasteiger partial charge in [-0.25, -0.2) is 18.6 Å². The SMILES string of the molecule is C[C@H]1N=C[C@H]2C(=C=O)N3C[C@@H]([C@@H]4CCCN4C)Oc4nc5c(F)c(-c6c(O)cccc6F)c(Cl)cc5c(c43)N2C1C(C)(C)C. The molecule has 1 unspecified atom stereocenters. The number of rotatable bonds is 2. The highest BCUT2D eigenvalue weighted by Gasteiger charge is 2.51. The Morgan fingerprint density at radius 3 is 2.61 bits per heavy atom. The maximum absolute atomic E-state index is 16.8. The van der Waals surface area contributed by atoms with Gasteiger partial charge in [0.15, 0.2) is 5.82 Å². The minimum Gasteiger partial charge on any atom is -0.507 e. The summed E-state index contributed by atoms with van der Waals surface area (Å²) in [6, 6.07) is 4.45. The molecule has 4 aliphatic rings. The number of likely N-dealkylation sites (N-methyl/N-ethyl adjacent to an activating group) is 1. The Hall–Kier alpha value is -3.72. The van der Waals surface area contributed by atoms with Gasteiger partial charge in [0.1, 0.15) is 46.6 Å². The van der Waals surface area contributed by atoms with Crippen molar-refractivity contribution in [2.24, 2.45) is 10.4 Å². The molecule has 0 radical (unpaired) electrons. The quantitative estimate of drug-likeness (QED) is 0.352. The number of halogens is 3. The number of aromatic nitrogens is 1. The molecule has 1 saturated heterocycles. The molecule has 7 rings (SSSR count). The first-order valence-corrected chi connectivity index (χ1v) is 15.3. The van der Waals surface area contributed by atoms with Gasteiger partial charge in [0.25, 0.3) is 0 Å². The van der Waals surface area contributed by atoms with E-state index in [0.717, 1.165) is 25.5 Å². The zero-order valence-corrected chi connectivity index (χ0v) is 26.0. The highest BCUT2D eigenvalue weighted by atomic mass is 35.5. The lowest BCUT2D eigenvalue weighted by Crippen LogP contribution is -2.63. The predicted molar refractivity (Wildman–Crippen MR) is 168 cm³/mol. The number of aliphatic imine (C=N–C) groups is 1. The Morgan fingerprint density at radius 1 is 1.18 bits per heavy atom. The first-order valence-electron chi connectivity index (χ1n) is 15.0. The van der Waals surface area contributed by atoms with Gasteiger partial charge in [-0.1, -0.05) is 38.4 Å². The molecule has 8 nitrogen and oxygen atoms in total. The van der Waals surface area contributed by atoms with Crippen LogP contribution in [0, 0.1) is 17.0 Å². The second kappa shape index (κ2) is 10.2. The summed E-state index contributed by atoms with van der Waals surface area (Å²) < 4.78 is 38.5. The summed E-state index contributed by atoms with van der Waals surface area (Å²) in [5.74, 6) is 0.279. The first kappa shape index (κ1) is 29.0. The number of phenolic OH excluding ortho intramolecular Hbond substituents is 1. The summed E-state index contributed by atoms with van der Waals surface area (Å²) in [6.07, 6.45) is 3.34. The number of aromatic hydroxyl groups is 1. The molecule has 0 bridgehead atoms. The van der Waals surface area contributed by atoms with E-state index in [0.29, 0.717) is 29.0 Å². The van der Waals surface area contributed by atoms with Crippen LogP contribution in [0.2, 0.25) is 5.02 Å². The van der Waals surface area contributed by atoms with Gasteiger partial charge in [-0.05, 0) is 57.0 Å². The maximum Gasteiger partial charge on any atom is 0.241 e. The van der Waals surface area contributed by atoms with Crippen LogP contribution in [0.5, 0.6) is 11.6 Å². The second-order valence-corrected chi connectivity index (χ2v) is 13.7. The number of benzene rings is 2. The normalized spacial score (nSPS) is 26.5. The van der Waals surface area contributed by atoms with E-state index in [2.05, 4.69) is 36.5 Å². The summed E-state index contributed by atoms with van der Waals surface area (Å²) in [5, 5.41) is 10.9. The molecular formula is C33H34ClF2N5O3. The Bertz CT molecular complexity index is 1770. The Balaban J connectivity index is 1.57. The van der Waals surface area contributed by atoms with Crippen molar-refractivity contribution in [3.05, 3.63) is 46.6 Å². The summed E-state index contributed by atoms with van der Waals surface area (Å²) in [7, 11) is 2.04. The van der Waals surface area contributed by atoms with Crippen molar-refractivity contribution in [3.63, 3.8) is 0 Å². The summed E-state index contributed by atoms with van der Waals surface area (Å²) in [6.45, 7) is 9.64. The fourth-order valence-corrected chi connectivity index (χ4v) is 8.09. The lowest BCUT2D eigenvalue weighted by molar-refractivity contribution is 0.0999. The smallest absolute Gasteiger partial charge is 0.241 e. The molecule has 4 aliphatic heterocycles. The van der Waals surface area contributed by atoms with E-state index in [1.807, 2.05) is 18.9 Å². The highest BCUT2D eigenvalue weighted by Crippen LogP contribution is 2.55. The number of phenols is 1. The van der Waals surface area contributed by atoms with E-state index in [9.17, 15) is 9.90 Å². The number of ether oxygens (including phenoxy) is 1. The van der Waals surface area contributed by atoms with Crippen molar-refractivity contribution in [2.45, 2.75) is 70.8 Å².